The van der Waals surface area contributed by atoms with Crippen LogP contribution in [0, 0.1) is 6.92 Å². The van der Waals surface area contributed by atoms with Crippen LogP contribution >= 0.6 is 0 Å². The number of rotatable bonds is 6. The molecule has 0 amide bonds. The first-order chi connectivity index (χ1) is 12.5. The van der Waals surface area contributed by atoms with Gasteiger partial charge in [-0.05, 0) is 62.3 Å². The first-order valence-corrected chi connectivity index (χ1v) is 9.54. The van der Waals surface area contributed by atoms with E-state index in [1.54, 1.807) is 18.7 Å². The highest BCUT2D eigenvalue weighted by Gasteiger charge is 2.21. The van der Waals surface area contributed by atoms with Crippen molar-refractivity contribution in [3.8, 4) is 17.1 Å². The Morgan fingerprint density at radius 2 is 1.88 bits per heavy atom. The van der Waals surface area contributed by atoms with E-state index in [0.29, 0.717) is 11.5 Å². The molecule has 0 fully saturated rings. The second kappa shape index (κ2) is 7.52. The van der Waals surface area contributed by atoms with Crippen molar-refractivity contribution in [2.75, 3.05) is 12.4 Å². The number of aromatic nitrogens is 2. The Kier molecular flexibility index (Phi) is 5.35. The first kappa shape index (κ1) is 18.5. The molecular formula is C21H29N3O2. The number of methoxy groups -OCH3 is 1. The van der Waals surface area contributed by atoms with Gasteiger partial charge in [-0.25, -0.2) is 4.98 Å². The Labute approximate surface area is 155 Å². The van der Waals surface area contributed by atoms with Crippen LogP contribution in [-0.4, -0.2) is 22.7 Å². The van der Waals surface area contributed by atoms with Gasteiger partial charge in [-0.15, -0.1) is 0 Å². The highest BCUT2D eigenvalue weighted by molar-refractivity contribution is 5.68. The molecule has 0 radical (unpaired) electrons. The average molecular weight is 355 g/mol. The van der Waals surface area contributed by atoms with E-state index in [9.17, 15) is 4.79 Å². The SMILES string of the molecule is CCC(CC)Nc1c(C)nc(-c2cc3c(cc2OC)CCC3)n(C)c1=O. The molecule has 3 rings (SSSR count). The van der Waals surface area contributed by atoms with E-state index in [-0.39, 0.29) is 11.6 Å². The topological polar surface area (TPSA) is 56.2 Å². The van der Waals surface area contributed by atoms with E-state index < -0.39 is 0 Å². The van der Waals surface area contributed by atoms with Gasteiger partial charge in [0.1, 0.15) is 17.3 Å². The molecule has 0 atom stereocenters. The number of anilines is 1. The highest BCUT2D eigenvalue weighted by Crippen LogP contribution is 2.35. The first-order valence-electron chi connectivity index (χ1n) is 9.54. The summed E-state index contributed by atoms with van der Waals surface area (Å²) >= 11 is 0. The molecule has 0 aliphatic heterocycles. The van der Waals surface area contributed by atoms with E-state index in [1.165, 1.54) is 17.5 Å². The van der Waals surface area contributed by atoms with Gasteiger partial charge in [0.15, 0.2) is 0 Å². The summed E-state index contributed by atoms with van der Waals surface area (Å²) in [7, 11) is 3.46. The summed E-state index contributed by atoms with van der Waals surface area (Å²) in [6, 6.07) is 4.54. The third-order valence-electron chi connectivity index (χ3n) is 5.46. The molecule has 1 aromatic carbocycles. The monoisotopic (exact) mass is 355 g/mol. The molecule has 2 aromatic rings. The lowest BCUT2D eigenvalue weighted by Gasteiger charge is -2.20. The van der Waals surface area contributed by atoms with Gasteiger partial charge in [-0.3, -0.25) is 9.36 Å². The van der Waals surface area contributed by atoms with Crippen molar-refractivity contribution in [2.45, 2.75) is 58.9 Å². The summed E-state index contributed by atoms with van der Waals surface area (Å²) in [6.07, 6.45) is 5.29. The molecule has 0 saturated heterocycles. The van der Waals surface area contributed by atoms with Gasteiger partial charge >= 0.3 is 0 Å². The zero-order valence-corrected chi connectivity index (χ0v) is 16.5. The van der Waals surface area contributed by atoms with Crippen LogP contribution in [0.1, 0.15) is 49.9 Å². The third-order valence-corrected chi connectivity index (χ3v) is 5.46. The van der Waals surface area contributed by atoms with Gasteiger partial charge in [0.2, 0.25) is 0 Å². The minimum atomic E-state index is -0.0399. The van der Waals surface area contributed by atoms with E-state index in [0.717, 1.165) is 42.7 Å². The number of aryl methyl sites for hydroxylation is 3. The number of benzene rings is 1. The van der Waals surface area contributed by atoms with Gasteiger partial charge in [-0.1, -0.05) is 13.8 Å². The van der Waals surface area contributed by atoms with Gasteiger partial charge in [-0.2, -0.15) is 0 Å². The van der Waals surface area contributed by atoms with Crippen molar-refractivity contribution < 1.29 is 4.74 Å². The molecule has 1 aliphatic rings. The standard InChI is InChI=1S/C21H29N3O2/c1-6-16(7-2)23-19-13(3)22-20(24(4)21(19)25)17-11-14-9-8-10-15(14)12-18(17)26-5/h11-12,16,23H,6-10H2,1-5H3. The number of nitrogens with zero attached hydrogens (tertiary/aromatic N) is 2. The minimum Gasteiger partial charge on any atom is -0.496 e. The number of hydrogen-bond donors (Lipinski definition) is 1. The lowest BCUT2D eigenvalue weighted by molar-refractivity contribution is 0.415. The third kappa shape index (κ3) is 3.22. The summed E-state index contributed by atoms with van der Waals surface area (Å²) in [4.78, 5) is 17.8. The molecule has 0 saturated carbocycles. The van der Waals surface area contributed by atoms with Crippen LogP contribution in [0.3, 0.4) is 0 Å². The molecule has 0 spiro atoms. The Morgan fingerprint density at radius 3 is 2.50 bits per heavy atom. The molecule has 0 unspecified atom stereocenters. The van der Waals surface area contributed by atoms with Gasteiger partial charge in [0.05, 0.1) is 18.4 Å². The zero-order chi connectivity index (χ0) is 18.8. The summed E-state index contributed by atoms with van der Waals surface area (Å²) in [5.41, 5.74) is 4.88. The van der Waals surface area contributed by atoms with E-state index in [1.807, 2.05) is 6.92 Å². The number of ether oxygens (including phenoxy) is 1. The average Bonchev–Trinajstić information content (AvgIpc) is 3.11. The van der Waals surface area contributed by atoms with E-state index in [2.05, 4.69) is 31.3 Å². The molecule has 1 aliphatic carbocycles. The van der Waals surface area contributed by atoms with Gasteiger partial charge < -0.3 is 10.1 Å². The van der Waals surface area contributed by atoms with Crippen LogP contribution in [-0.2, 0) is 19.9 Å². The molecular weight excluding hydrogens is 326 g/mol. The van der Waals surface area contributed by atoms with Crippen molar-refractivity contribution in [3.63, 3.8) is 0 Å². The van der Waals surface area contributed by atoms with E-state index >= 15 is 0 Å². The summed E-state index contributed by atoms with van der Waals surface area (Å²) < 4.78 is 7.25. The lowest BCUT2D eigenvalue weighted by Crippen LogP contribution is -2.29. The number of nitrogens with one attached hydrogen (secondary N) is 1. The maximum Gasteiger partial charge on any atom is 0.277 e. The molecule has 1 aromatic heterocycles. The maximum atomic E-state index is 13.0. The van der Waals surface area contributed by atoms with Gasteiger partial charge in [0, 0.05) is 13.1 Å². The van der Waals surface area contributed by atoms with Crippen LogP contribution in [0.2, 0.25) is 0 Å². The summed E-state index contributed by atoms with van der Waals surface area (Å²) in [6.45, 7) is 6.14. The molecule has 1 N–H and O–H groups in total. The molecule has 0 bridgehead atoms. The predicted octanol–water partition coefficient (Wildman–Crippen LogP) is 3.85. The van der Waals surface area contributed by atoms with Gasteiger partial charge in [0.25, 0.3) is 5.56 Å². The number of hydrogen-bond acceptors (Lipinski definition) is 4. The fourth-order valence-corrected chi connectivity index (χ4v) is 3.76. The minimum absolute atomic E-state index is 0.0399. The zero-order valence-electron chi connectivity index (χ0n) is 16.5. The molecule has 140 valence electrons. The predicted molar refractivity (Wildman–Crippen MR) is 106 cm³/mol. The summed E-state index contributed by atoms with van der Waals surface area (Å²) in [5.74, 6) is 1.45. The highest BCUT2D eigenvalue weighted by atomic mass is 16.5. The normalized spacial score (nSPS) is 13.2. The van der Waals surface area contributed by atoms with Crippen molar-refractivity contribution in [1.82, 2.24) is 9.55 Å². The van der Waals surface area contributed by atoms with Crippen molar-refractivity contribution in [2.24, 2.45) is 7.05 Å². The van der Waals surface area contributed by atoms with Crippen LogP contribution in [0.5, 0.6) is 5.75 Å². The Bertz CT molecular complexity index is 867. The van der Waals surface area contributed by atoms with Crippen LogP contribution in [0.4, 0.5) is 5.69 Å². The Balaban J connectivity index is 2.12. The largest absolute Gasteiger partial charge is 0.496 e. The van der Waals surface area contributed by atoms with Crippen molar-refractivity contribution >= 4 is 5.69 Å². The second-order valence-electron chi connectivity index (χ2n) is 7.09. The Morgan fingerprint density at radius 1 is 1.23 bits per heavy atom. The fourth-order valence-electron chi connectivity index (χ4n) is 3.76. The molecule has 1 heterocycles. The Hall–Kier alpha value is -2.30. The van der Waals surface area contributed by atoms with Crippen molar-refractivity contribution in [3.05, 3.63) is 39.3 Å². The van der Waals surface area contributed by atoms with E-state index in [4.69, 9.17) is 9.72 Å². The number of fused-ring (bicyclic) bond motifs is 1. The maximum absolute atomic E-state index is 13.0. The smallest absolute Gasteiger partial charge is 0.277 e. The van der Waals surface area contributed by atoms with Crippen LogP contribution in [0.15, 0.2) is 16.9 Å². The quantitative estimate of drug-likeness (QED) is 0.855. The van der Waals surface area contributed by atoms with Crippen molar-refractivity contribution in [1.29, 1.82) is 0 Å². The van der Waals surface area contributed by atoms with Crippen LogP contribution < -0.4 is 15.6 Å². The summed E-state index contributed by atoms with van der Waals surface area (Å²) in [5, 5.41) is 3.38. The second-order valence-corrected chi connectivity index (χ2v) is 7.09. The molecule has 5 nitrogen and oxygen atoms in total. The molecule has 5 heteroatoms. The molecule has 26 heavy (non-hydrogen) atoms. The fraction of sp³-hybridized carbons (Fsp3) is 0.524. The lowest BCUT2D eigenvalue weighted by atomic mass is 10.0. The van der Waals surface area contributed by atoms with Crippen LogP contribution in [0.25, 0.3) is 11.4 Å².